The van der Waals surface area contributed by atoms with Gasteiger partial charge in [-0.25, -0.2) is 9.59 Å². The summed E-state index contributed by atoms with van der Waals surface area (Å²) in [6.45, 7) is 0.0741. The van der Waals surface area contributed by atoms with Gasteiger partial charge in [-0.1, -0.05) is 0 Å². The maximum Gasteiger partial charge on any atom is 0.373 e. The molecule has 2 bridgehead atoms. The van der Waals surface area contributed by atoms with Crippen molar-refractivity contribution < 1.29 is 24.1 Å². The summed E-state index contributed by atoms with van der Waals surface area (Å²) < 4.78 is 4.83. The van der Waals surface area contributed by atoms with Gasteiger partial charge in [-0.3, -0.25) is 4.89 Å². The van der Waals surface area contributed by atoms with Gasteiger partial charge in [0.2, 0.25) is 0 Å². The van der Waals surface area contributed by atoms with Crippen molar-refractivity contribution >= 4 is 11.9 Å². The van der Waals surface area contributed by atoms with Crippen LogP contribution in [0.5, 0.6) is 0 Å². The van der Waals surface area contributed by atoms with E-state index in [9.17, 15) is 9.59 Å². The van der Waals surface area contributed by atoms with Crippen LogP contribution in [0.2, 0.25) is 0 Å². The maximum atomic E-state index is 11.3. The van der Waals surface area contributed by atoms with Gasteiger partial charge in [0.05, 0.1) is 11.1 Å². The van der Waals surface area contributed by atoms with Crippen LogP contribution in [-0.4, -0.2) is 25.2 Å². The lowest BCUT2D eigenvalue weighted by Crippen LogP contribution is -2.11. The molecule has 0 atom stereocenters. The van der Waals surface area contributed by atoms with E-state index >= 15 is 0 Å². The second-order valence-electron chi connectivity index (χ2n) is 2.91. The fraction of sp³-hybridized carbons (Fsp3) is 0.200. The van der Waals surface area contributed by atoms with Gasteiger partial charge in [0.1, 0.15) is 13.2 Å². The van der Waals surface area contributed by atoms with E-state index in [4.69, 9.17) is 4.74 Å². The average molecular weight is 208 g/mol. The quantitative estimate of drug-likeness (QED) is 0.469. The van der Waals surface area contributed by atoms with Crippen LogP contribution in [0.25, 0.3) is 0 Å². The first-order valence-electron chi connectivity index (χ1n) is 4.38. The topological polar surface area (TPSA) is 61.8 Å². The van der Waals surface area contributed by atoms with Gasteiger partial charge < -0.3 is 4.74 Å². The SMILES string of the molecule is O=C1OCCOOC(=O)c2ccc1cc2. The van der Waals surface area contributed by atoms with Gasteiger partial charge in [0.25, 0.3) is 0 Å². The predicted molar refractivity (Wildman–Crippen MR) is 48.1 cm³/mol. The zero-order valence-corrected chi connectivity index (χ0v) is 7.76. The van der Waals surface area contributed by atoms with Gasteiger partial charge >= 0.3 is 11.9 Å². The third-order valence-corrected chi connectivity index (χ3v) is 1.89. The lowest BCUT2D eigenvalue weighted by molar-refractivity contribution is -0.244. The lowest BCUT2D eigenvalue weighted by atomic mass is 10.1. The number of benzene rings is 1. The molecule has 0 N–H and O–H groups in total. The molecule has 3 rings (SSSR count). The van der Waals surface area contributed by atoms with Crippen LogP contribution in [-0.2, 0) is 14.5 Å². The summed E-state index contributed by atoms with van der Waals surface area (Å²) in [7, 11) is 0. The van der Waals surface area contributed by atoms with Gasteiger partial charge in [-0.15, -0.1) is 0 Å². The summed E-state index contributed by atoms with van der Waals surface area (Å²) in [6.07, 6.45) is 0. The highest BCUT2D eigenvalue weighted by Gasteiger charge is 2.13. The van der Waals surface area contributed by atoms with E-state index in [1.54, 1.807) is 0 Å². The van der Waals surface area contributed by atoms with Crippen LogP contribution in [0.15, 0.2) is 24.3 Å². The Bertz CT molecular complexity index is 344. The molecule has 0 aliphatic carbocycles. The third kappa shape index (κ3) is 2.13. The number of esters is 1. The molecule has 2 aliphatic rings. The van der Waals surface area contributed by atoms with E-state index in [1.165, 1.54) is 24.3 Å². The van der Waals surface area contributed by atoms with Gasteiger partial charge in [0, 0.05) is 0 Å². The first kappa shape index (κ1) is 9.67. The summed E-state index contributed by atoms with van der Waals surface area (Å²) >= 11 is 0. The molecule has 0 unspecified atom stereocenters. The highest BCUT2D eigenvalue weighted by Crippen LogP contribution is 2.08. The Kier molecular flexibility index (Phi) is 2.64. The molecule has 0 spiro atoms. The van der Waals surface area contributed by atoms with E-state index in [0.717, 1.165) is 0 Å². The molecule has 2 heterocycles. The molecule has 78 valence electrons. The summed E-state index contributed by atoms with van der Waals surface area (Å²) in [5.41, 5.74) is 0.724. The van der Waals surface area contributed by atoms with Crippen molar-refractivity contribution in [2.75, 3.05) is 13.2 Å². The Morgan fingerprint density at radius 2 is 1.47 bits per heavy atom. The first-order valence-corrected chi connectivity index (χ1v) is 4.38. The predicted octanol–water partition coefficient (Wildman–Crippen LogP) is 0.945. The second kappa shape index (κ2) is 4.10. The Hall–Kier alpha value is -1.88. The molecular formula is C10H8O5. The molecule has 5 nitrogen and oxygen atoms in total. The van der Waals surface area contributed by atoms with E-state index in [2.05, 4.69) is 9.78 Å². The van der Waals surface area contributed by atoms with Crippen LogP contribution < -0.4 is 0 Å². The number of fused-ring (bicyclic) bond motifs is 8. The smallest absolute Gasteiger partial charge is 0.373 e. The van der Waals surface area contributed by atoms with Crippen LogP contribution >= 0.6 is 0 Å². The number of carbonyl (C=O) groups excluding carboxylic acids is 2. The molecule has 0 fully saturated rings. The van der Waals surface area contributed by atoms with Gasteiger partial charge in [-0.05, 0) is 24.3 Å². The summed E-state index contributed by atoms with van der Waals surface area (Å²) in [5.74, 6) is -1.03. The van der Waals surface area contributed by atoms with Gasteiger partial charge in [0.15, 0.2) is 0 Å². The summed E-state index contributed by atoms with van der Waals surface area (Å²) in [6, 6.07) is 5.97. The number of ether oxygens (including phenoxy) is 1. The van der Waals surface area contributed by atoms with Crippen LogP contribution in [0.3, 0.4) is 0 Å². The van der Waals surface area contributed by atoms with Crippen LogP contribution in [0.1, 0.15) is 20.7 Å². The number of carbonyl (C=O) groups is 2. The van der Waals surface area contributed by atoms with Crippen molar-refractivity contribution in [2.24, 2.45) is 0 Å². The molecular weight excluding hydrogens is 200 g/mol. The highest BCUT2D eigenvalue weighted by molar-refractivity contribution is 5.93. The van der Waals surface area contributed by atoms with Gasteiger partial charge in [-0.2, -0.15) is 4.89 Å². The molecule has 1 aromatic rings. The lowest BCUT2D eigenvalue weighted by Gasteiger charge is -2.02. The van der Waals surface area contributed by atoms with Crippen molar-refractivity contribution in [3.63, 3.8) is 0 Å². The molecule has 2 aliphatic heterocycles. The minimum atomic E-state index is -0.587. The Morgan fingerprint density at radius 3 is 2.13 bits per heavy atom. The zero-order valence-electron chi connectivity index (χ0n) is 7.76. The van der Waals surface area contributed by atoms with Crippen LogP contribution in [0.4, 0.5) is 0 Å². The molecule has 0 aromatic heterocycles. The van der Waals surface area contributed by atoms with E-state index in [-0.39, 0.29) is 13.2 Å². The monoisotopic (exact) mass is 208 g/mol. The second-order valence-corrected chi connectivity index (χ2v) is 2.91. The fourth-order valence-electron chi connectivity index (χ4n) is 1.14. The fourth-order valence-corrected chi connectivity index (χ4v) is 1.14. The highest BCUT2D eigenvalue weighted by atomic mass is 17.2. The molecule has 1 aromatic carbocycles. The van der Waals surface area contributed by atoms with Crippen molar-refractivity contribution in [1.82, 2.24) is 0 Å². The van der Waals surface area contributed by atoms with Crippen molar-refractivity contribution in [3.05, 3.63) is 35.4 Å². The molecule has 0 amide bonds. The molecule has 15 heavy (non-hydrogen) atoms. The average Bonchev–Trinajstić information content (AvgIpc) is 2.31. The minimum Gasteiger partial charge on any atom is -0.459 e. The van der Waals surface area contributed by atoms with E-state index in [0.29, 0.717) is 11.1 Å². The van der Waals surface area contributed by atoms with Crippen molar-refractivity contribution in [2.45, 2.75) is 0 Å². The standard InChI is InChI=1S/C10H8O5/c11-9-7-1-3-8(4-2-7)10(12)15-14-6-5-13-9/h1-4H,5-6H2. The number of hydrogen-bond donors (Lipinski definition) is 0. The minimum absolute atomic E-state index is 0.0258. The number of rotatable bonds is 0. The Labute approximate surface area is 85.5 Å². The Morgan fingerprint density at radius 1 is 0.867 bits per heavy atom. The third-order valence-electron chi connectivity index (χ3n) is 1.89. The molecule has 0 saturated heterocycles. The van der Waals surface area contributed by atoms with Crippen LogP contribution in [0, 0.1) is 0 Å². The summed E-state index contributed by atoms with van der Waals surface area (Å²) in [5, 5.41) is 0. The molecule has 5 heteroatoms. The van der Waals surface area contributed by atoms with Crippen molar-refractivity contribution in [1.29, 1.82) is 0 Å². The number of hydrogen-bond acceptors (Lipinski definition) is 5. The zero-order chi connectivity index (χ0) is 10.7. The summed E-state index contributed by atoms with van der Waals surface area (Å²) in [4.78, 5) is 31.6. The van der Waals surface area contributed by atoms with E-state index in [1.807, 2.05) is 0 Å². The first-order chi connectivity index (χ1) is 7.27. The normalized spacial score (nSPS) is 16.5. The van der Waals surface area contributed by atoms with E-state index < -0.39 is 11.9 Å². The molecule has 0 radical (unpaired) electrons. The molecule has 0 saturated carbocycles. The Balaban J connectivity index is 2.31. The largest absolute Gasteiger partial charge is 0.459 e. The van der Waals surface area contributed by atoms with Crippen molar-refractivity contribution in [3.8, 4) is 0 Å². The maximum absolute atomic E-state index is 11.3.